The Morgan fingerprint density at radius 2 is 1.71 bits per heavy atom. The van der Waals surface area contributed by atoms with Crippen molar-refractivity contribution in [2.24, 2.45) is 5.41 Å². The first-order valence-corrected chi connectivity index (χ1v) is 11.2. The summed E-state index contributed by atoms with van der Waals surface area (Å²) in [6, 6.07) is 8.58. The fraction of sp³-hybridized carbons (Fsp3) is 0.640. The Bertz CT molecular complexity index is 711. The average molecular weight is 385 g/mol. The van der Waals surface area contributed by atoms with Gasteiger partial charge in [-0.3, -0.25) is 4.79 Å². The molecular weight excluding hydrogens is 344 g/mol. The van der Waals surface area contributed by atoms with Crippen LogP contribution in [0.1, 0.15) is 91.0 Å². The van der Waals surface area contributed by atoms with Crippen molar-refractivity contribution in [3.8, 4) is 0 Å². The Morgan fingerprint density at radius 3 is 2.43 bits per heavy atom. The van der Waals surface area contributed by atoms with Crippen LogP contribution in [0.4, 0.5) is 0 Å². The van der Waals surface area contributed by atoms with Crippen LogP contribution in [0.25, 0.3) is 10.9 Å². The summed E-state index contributed by atoms with van der Waals surface area (Å²) in [5, 5.41) is 4.60. The molecule has 1 aromatic heterocycles. The zero-order valence-electron chi connectivity index (χ0n) is 18.4. The zero-order valence-corrected chi connectivity index (χ0v) is 18.4. The van der Waals surface area contributed by atoms with Gasteiger partial charge in [0.25, 0.3) is 0 Å². The fourth-order valence-electron chi connectivity index (χ4n) is 4.02. The van der Waals surface area contributed by atoms with Crippen molar-refractivity contribution >= 4 is 16.8 Å². The van der Waals surface area contributed by atoms with E-state index in [9.17, 15) is 4.79 Å². The third kappa shape index (κ3) is 8.08. The maximum Gasteiger partial charge on any atom is 0.220 e. The number of fused-ring (bicyclic) bond motifs is 1. The van der Waals surface area contributed by atoms with Crippen LogP contribution < -0.4 is 5.32 Å². The minimum Gasteiger partial charge on any atom is -0.361 e. The molecule has 1 amide bonds. The number of carbonyl (C=O) groups is 1. The molecule has 2 rings (SSSR count). The van der Waals surface area contributed by atoms with Crippen LogP contribution in [0.5, 0.6) is 0 Å². The number of benzene rings is 1. The maximum atomic E-state index is 12.5. The van der Waals surface area contributed by atoms with E-state index in [1.54, 1.807) is 0 Å². The SMILES string of the molecule is CCCCCCCCCC(=O)N[C@@H](Cc1c[nH]c2ccccc12)CC(C)(C)C. The highest BCUT2D eigenvalue weighted by atomic mass is 16.1. The van der Waals surface area contributed by atoms with E-state index in [1.807, 2.05) is 0 Å². The molecule has 0 unspecified atom stereocenters. The molecule has 0 saturated heterocycles. The molecule has 2 aromatic rings. The van der Waals surface area contributed by atoms with Gasteiger partial charge in [0.2, 0.25) is 5.91 Å². The van der Waals surface area contributed by atoms with Crippen LogP contribution in [-0.2, 0) is 11.2 Å². The second kappa shape index (κ2) is 11.3. The first-order valence-electron chi connectivity index (χ1n) is 11.2. The summed E-state index contributed by atoms with van der Waals surface area (Å²) in [5.41, 5.74) is 2.64. The number of carbonyl (C=O) groups excluding carboxylic acids is 1. The standard InChI is InChI=1S/C25H40N2O/c1-5-6-7-8-9-10-11-16-24(28)27-21(18-25(2,3)4)17-20-19-26-23-15-13-12-14-22(20)23/h12-15,19,21,26H,5-11,16-18H2,1-4H3,(H,27,28)/t21-/m0/s1. The van der Waals surface area contributed by atoms with Crippen LogP contribution in [-0.4, -0.2) is 16.9 Å². The van der Waals surface area contributed by atoms with Crippen molar-refractivity contribution in [2.75, 3.05) is 0 Å². The average Bonchev–Trinajstić information content (AvgIpc) is 3.02. The molecule has 0 radical (unpaired) electrons. The van der Waals surface area contributed by atoms with Crippen molar-refractivity contribution in [3.05, 3.63) is 36.0 Å². The first kappa shape index (κ1) is 22.5. The molecule has 3 nitrogen and oxygen atoms in total. The second-order valence-corrected chi connectivity index (χ2v) is 9.46. The van der Waals surface area contributed by atoms with Gasteiger partial charge >= 0.3 is 0 Å². The van der Waals surface area contributed by atoms with Gasteiger partial charge in [-0.15, -0.1) is 0 Å². The summed E-state index contributed by atoms with van der Waals surface area (Å²) in [6.45, 7) is 8.99. The van der Waals surface area contributed by atoms with Crippen LogP contribution in [0.15, 0.2) is 30.5 Å². The predicted octanol–water partition coefficient (Wildman–Crippen LogP) is 6.77. The van der Waals surface area contributed by atoms with Gasteiger partial charge in [-0.2, -0.15) is 0 Å². The number of unbranched alkanes of at least 4 members (excludes halogenated alkanes) is 6. The van der Waals surface area contributed by atoms with Gasteiger partial charge in [-0.25, -0.2) is 0 Å². The number of H-pyrrole nitrogens is 1. The molecule has 156 valence electrons. The summed E-state index contributed by atoms with van der Waals surface area (Å²) < 4.78 is 0. The van der Waals surface area contributed by atoms with E-state index in [-0.39, 0.29) is 17.4 Å². The zero-order chi connectivity index (χ0) is 20.4. The van der Waals surface area contributed by atoms with E-state index in [1.165, 1.54) is 55.0 Å². The molecule has 0 saturated carbocycles. The van der Waals surface area contributed by atoms with Crippen LogP contribution in [0.3, 0.4) is 0 Å². The fourth-order valence-corrected chi connectivity index (χ4v) is 4.02. The van der Waals surface area contributed by atoms with Gasteiger partial charge in [-0.05, 0) is 36.3 Å². The lowest BCUT2D eigenvalue weighted by molar-refractivity contribution is -0.122. The normalized spacial score (nSPS) is 13.0. The maximum absolute atomic E-state index is 12.5. The Hall–Kier alpha value is -1.77. The minimum absolute atomic E-state index is 0.177. The van der Waals surface area contributed by atoms with Gasteiger partial charge < -0.3 is 10.3 Å². The lowest BCUT2D eigenvalue weighted by Gasteiger charge is -2.27. The monoisotopic (exact) mass is 384 g/mol. The number of aromatic nitrogens is 1. The van der Waals surface area contributed by atoms with Crippen LogP contribution in [0.2, 0.25) is 0 Å². The van der Waals surface area contributed by atoms with Crippen LogP contribution >= 0.6 is 0 Å². The summed E-state index contributed by atoms with van der Waals surface area (Å²) in [4.78, 5) is 15.9. The van der Waals surface area contributed by atoms with E-state index in [0.29, 0.717) is 6.42 Å². The highest BCUT2D eigenvalue weighted by Crippen LogP contribution is 2.25. The van der Waals surface area contributed by atoms with Crippen molar-refractivity contribution in [1.82, 2.24) is 10.3 Å². The van der Waals surface area contributed by atoms with Crippen molar-refractivity contribution in [1.29, 1.82) is 0 Å². The lowest BCUT2D eigenvalue weighted by atomic mass is 9.85. The first-order chi connectivity index (χ1) is 13.4. The smallest absolute Gasteiger partial charge is 0.220 e. The number of nitrogens with one attached hydrogen (secondary N) is 2. The van der Waals surface area contributed by atoms with Gasteiger partial charge in [0.1, 0.15) is 0 Å². The van der Waals surface area contributed by atoms with Crippen molar-refractivity contribution in [3.63, 3.8) is 0 Å². The van der Waals surface area contributed by atoms with Crippen molar-refractivity contribution in [2.45, 2.75) is 97.9 Å². The van der Waals surface area contributed by atoms with E-state index >= 15 is 0 Å². The Labute approximate surface area is 171 Å². The third-order valence-corrected chi connectivity index (χ3v) is 5.37. The highest BCUT2D eigenvalue weighted by molar-refractivity contribution is 5.83. The van der Waals surface area contributed by atoms with Gasteiger partial charge in [0.05, 0.1) is 0 Å². The highest BCUT2D eigenvalue weighted by Gasteiger charge is 2.21. The number of hydrogen-bond donors (Lipinski definition) is 2. The Balaban J connectivity index is 1.86. The molecule has 0 aliphatic rings. The van der Waals surface area contributed by atoms with Gasteiger partial charge in [-0.1, -0.05) is 84.4 Å². The molecule has 3 heteroatoms. The third-order valence-electron chi connectivity index (χ3n) is 5.37. The number of rotatable bonds is 12. The van der Waals surface area contributed by atoms with E-state index in [0.717, 1.165) is 19.3 Å². The van der Waals surface area contributed by atoms with E-state index in [4.69, 9.17) is 0 Å². The molecular formula is C25H40N2O. The summed E-state index contributed by atoms with van der Waals surface area (Å²) in [5.74, 6) is 0.211. The minimum atomic E-state index is 0.177. The number of hydrogen-bond acceptors (Lipinski definition) is 1. The number of para-hydroxylation sites is 1. The quantitative estimate of drug-likeness (QED) is 0.390. The molecule has 28 heavy (non-hydrogen) atoms. The second-order valence-electron chi connectivity index (χ2n) is 9.46. The molecule has 0 spiro atoms. The van der Waals surface area contributed by atoms with E-state index in [2.05, 4.69) is 68.5 Å². The predicted molar refractivity (Wildman–Crippen MR) is 121 cm³/mol. The Kier molecular flexibility index (Phi) is 9.08. The van der Waals surface area contributed by atoms with Crippen molar-refractivity contribution < 1.29 is 4.79 Å². The lowest BCUT2D eigenvalue weighted by Crippen LogP contribution is -2.39. The summed E-state index contributed by atoms with van der Waals surface area (Å²) in [6.07, 6.45) is 13.3. The molecule has 0 aliphatic heterocycles. The topological polar surface area (TPSA) is 44.9 Å². The summed E-state index contributed by atoms with van der Waals surface area (Å²) >= 11 is 0. The molecule has 1 aromatic carbocycles. The molecule has 2 N–H and O–H groups in total. The molecule has 1 atom stereocenters. The van der Waals surface area contributed by atoms with E-state index < -0.39 is 0 Å². The van der Waals surface area contributed by atoms with Gasteiger partial charge in [0.15, 0.2) is 0 Å². The largest absolute Gasteiger partial charge is 0.361 e. The molecule has 0 fully saturated rings. The molecule has 1 heterocycles. The summed E-state index contributed by atoms with van der Waals surface area (Å²) in [7, 11) is 0. The van der Waals surface area contributed by atoms with Crippen LogP contribution in [0, 0.1) is 5.41 Å². The van der Waals surface area contributed by atoms with Gasteiger partial charge in [0, 0.05) is 29.6 Å². The molecule has 0 bridgehead atoms. The number of amides is 1. The molecule has 0 aliphatic carbocycles. The Morgan fingerprint density at radius 1 is 1.04 bits per heavy atom. The number of aromatic amines is 1.